The Bertz CT molecular complexity index is 901. The second kappa shape index (κ2) is 7.07. The molecule has 4 nitrogen and oxygen atoms in total. The van der Waals surface area contributed by atoms with Gasteiger partial charge in [0.1, 0.15) is 23.7 Å². The topological polar surface area (TPSA) is 42.7 Å². The van der Waals surface area contributed by atoms with Gasteiger partial charge < -0.3 is 14.1 Å². The SMILES string of the molecule is CN(C)CCOc1ccc(-c2cc(=O)c3cc(Cl)ccc3o2)cc1. The molecule has 0 radical (unpaired) electrons. The minimum absolute atomic E-state index is 0.111. The van der Waals surface area contributed by atoms with E-state index in [4.69, 9.17) is 20.8 Å². The van der Waals surface area contributed by atoms with Crippen molar-refractivity contribution < 1.29 is 9.15 Å². The van der Waals surface area contributed by atoms with Gasteiger partial charge in [-0.2, -0.15) is 0 Å². The minimum Gasteiger partial charge on any atom is -0.492 e. The molecular weight excluding hydrogens is 326 g/mol. The van der Waals surface area contributed by atoms with Gasteiger partial charge in [-0.25, -0.2) is 0 Å². The molecule has 3 aromatic rings. The van der Waals surface area contributed by atoms with Crippen LogP contribution in [-0.2, 0) is 0 Å². The molecule has 0 fully saturated rings. The van der Waals surface area contributed by atoms with Crippen LogP contribution in [-0.4, -0.2) is 32.1 Å². The normalized spacial score (nSPS) is 11.2. The summed E-state index contributed by atoms with van der Waals surface area (Å²) in [6.07, 6.45) is 0. The predicted molar refractivity (Wildman–Crippen MR) is 97.0 cm³/mol. The van der Waals surface area contributed by atoms with Crippen molar-refractivity contribution in [2.45, 2.75) is 0 Å². The second-order valence-electron chi connectivity index (χ2n) is 5.79. The first-order valence-corrected chi connectivity index (χ1v) is 8.02. The molecule has 0 aliphatic heterocycles. The molecule has 0 saturated heterocycles. The molecule has 2 aromatic carbocycles. The fourth-order valence-corrected chi connectivity index (χ4v) is 2.50. The highest BCUT2D eigenvalue weighted by Gasteiger charge is 2.08. The van der Waals surface area contributed by atoms with Gasteiger partial charge in [0, 0.05) is 23.2 Å². The fraction of sp³-hybridized carbons (Fsp3) is 0.211. The molecule has 124 valence electrons. The van der Waals surface area contributed by atoms with Crippen LogP contribution < -0.4 is 10.2 Å². The van der Waals surface area contributed by atoms with E-state index in [9.17, 15) is 4.79 Å². The van der Waals surface area contributed by atoms with Crippen molar-refractivity contribution in [3.8, 4) is 17.1 Å². The number of nitrogens with zero attached hydrogens (tertiary/aromatic N) is 1. The first-order valence-electron chi connectivity index (χ1n) is 7.64. The first-order chi connectivity index (χ1) is 11.5. The summed E-state index contributed by atoms with van der Waals surface area (Å²) in [5.41, 5.74) is 1.23. The van der Waals surface area contributed by atoms with Crippen molar-refractivity contribution in [1.29, 1.82) is 0 Å². The summed E-state index contributed by atoms with van der Waals surface area (Å²) in [6.45, 7) is 1.47. The third kappa shape index (κ3) is 3.78. The molecule has 24 heavy (non-hydrogen) atoms. The molecular formula is C19H18ClNO3. The van der Waals surface area contributed by atoms with Crippen LogP contribution in [0.2, 0.25) is 5.02 Å². The quantitative estimate of drug-likeness (QED) is 0.700. The van der Waals surface area contributed by atoms with Gasteiger partial charge in [-0.15, -0.1) is 0 Å². The highest BCUT2D eigenvalue weighted by atomic mass is 35.5. The van der Waals surface area contributed by atoms with Gasteiger partial charge in [0.2, 0.25) is 0 Å². The summed E-state index contributed by atoms with van der Waals surface area (Å²) in [4.78, 5) is 14.3. The highest BCUT2D eigenvalue weighted by molar-refractivity contribution is 6.31. The van der Waals surface area contributed by atoms with E-state index in [0.717, 1.165) is 17.9 Å². The molecule has 0 atom stereocenters. The molecule has 0 aliphatic carbocycles. The Morgan fingerprint density at radius 2 is 1.83 bits per heavy atom. The maximum atomic E-state index is 12.2. The third-order valence-electron chi connectivity index (χ3n) is 3.64. The van der Waals surface area contributed by atoms with Gasteiger partial charge in [0.25, 0.3) is 0 Å². The minimum atomic E-state index is -0.111. The summed E-state index contributed by atoms with van der Waals surface area (Å²) in [7, 11) is 4.00. The molecule has 0 spiro atoms. The molecule has 0 unspecified atom stereocenters. The van der Waals surface area contributed by atoms with Crippen molar-refractivity contribution in [2.75, 3.05) is 27.2 Å². The summed E-state index contributed by atoms with van der Waals surface area (Å²) in [5.74, 6) is 1.31. The Kier molecular flexibility index (Phi) is 4.88. The van der Waals surface area contributed by atoms with Gasteiger partial charge in [-0.05, 0) is 56.6 Å². The highest BCUT2D eigenvalue weighted by Crippen LogP contribution is 2.25. The van der Waals surface area contributed by atoms with Crippen LogP contribution in [0.3, 0.4) is 0 Å². The lowest BCUT2D eigenvalue weighted by molar-refractivity contribution is 0.261. The monoisotopic (exact) mass is 343 g/mol. The van der Waals surface area contributed by atoms with Crippen molar-refractivity contribution in [3.63, 3.8) is 0 Å². The largest absolute Gasteiger partial charge is 0.492 e. The van der Waals surface area contributed by atoms with Gasteiger partial charge in [0.05, 0.1) is 5.39 Å². The van der Waals surface area contributed by atoms with Gasteiger partial charge >= 0.3 is 0 Å². The van der Waals surface area contributed by atoms with Crippen LogP contribution in [0.1, 0.15) is 0 Å². The Hall–Kier alpha value is -2.30. The summed E-state index contributed by atoms with van der Waals surface area (Å²) < 4.78 is 11.5. The van der Waals surface area contributed by atoms with Crippen LogP contribution in [0.15, 0.2) is 57.7 Å². The first kappa shape index (κ1) is 16.6. The van der Waals surface area contributed by atoms with E-state index >= 15 is 0 Å². The Morgan fingerprint density at radius 3 is 2.54 bits per heavy atom. The number of likely N-dealkylation sites (N-methyl/N-ethyl adjacent to an activating group) is 1. The zero-order valence-corrected chi connectivity index (χ0v) is 14.3. The van der Waals surface area contributed by atoms with E-state index in [1.54, 1.807) is 18.2 Å². The number of hydrogen-bond donors (Lipinski definition) is 0. The molecule has 1 aromatic heterocycles. The van der Waals surface area contributed by atoms with Crippen LogP contribution in [0.5, 0.6) is 5.75 Å². The van der Waals surface area contributed by atoms with E-state index in [0.29, 0.717) is 28.4 Å². The van der Waals surface area contributed by atoms with Crippen LogP contribution in [0, 0.1) is 0 Å². The van der Waals surface area contributed by atoms with Crippen LogP contribution >= 0.6 is 11.6 Å². The van der Waals surface area contributed by atoms with Crippen LogP contribution in [0.4, 0.5) is 0 Å². The molecule has 0 bridgehead atoms. The van der Waals surface area contributed by atoms with Gasteiger partial charge in [-0.3, -0.25) is 4.79 Å². The smallest absolute Gasteiger partial charge is 0.193 e. The average Bonchev–Trinajstić information content (AvgIpc) is 2.56. The molecule has 0 N–H and O–H groups in total. The Morgan fingerprint density at radius 1 is 1.08 bits per heavy atom. The Labute approximate surface area is 145 Å². The van der Waals surface area contributed by atoms with Crippen molar-refractivity contribution >= 4 is 22.6 Å². The predicted octanol–water partition coefficient (Wildman–Crippen LogP) is 4.05. The van der Waals surface area contributed by atoms with E-state index in [-0.39, 0.29) is 5.43 Å². The molecule has 3 rings (SSSR count). The average molecular weight is 344 g/mol. The summed E-state index contributed by atoms with van der Waals surface area (Å²) in [6, 6.07) is 14.0. The molecule has 0 aliphatic rings. The lowest BCUT2D eigenvalue weighted by Crippen LogP contribution is -2.19. The maximum Gasteiger partial charge on any atom is 0.193 e. The van der Waals surface area contributed by atoms with E-state index < -0.39 is 0 Å². The second-order valence-corrected chi connectivity index (χ2v) is 6.23. The van der Waals surface area contributed by atoms with Crippen molar-refractivity contribution in [1.82, 2.24) is 4.90 Å². The lowest BCUT2D eigenvalue weighted by atomic mass is 10.1. The summed E-state index contributed by atoms with van der Waals surface area (Å²) in [5, 5.41) is 0.997. The molecule has 0 saturated carbocycles. The number of hydrogen-bond acceptors (Lipinski definition) is 4. The third-order valence-corrected chi connectivity index (χ3v) is 3.87. The molecule has 1 heterocycles. The van der Waals surface area contributed by atoms with Gasteiger partial charge in [-0.1, -0.05) is 11.6 Å². The fourth-order valence-electron chi connectivity index (χ4n) is 2.33. The van der Waals surface area contributed by atoms with E-state index in [2.05, 4.69) is 4.90 Å². The Balaban J connectivity index is 1.85. The zero-order valence-electron chi connectivity index (χ0n) is 13.6. The van der Waals surface area contributed by atoms with Gasteiger partial charge in [0.15, 0.2) is 5.43 Å². The number of benzene rings is 2. The standard InChI is InChI=1S/C19H18ClNO3/c1-21(2)9-10-23-15-6-3-13(4-7-15)19-12-17(22)16-11-14(20)5-8-18(16)24-19/h3-8,11-12H,9-10H2,1-2H3. The molecule has 5 heteroatoms. The maximum absolute atomic E-state index is 12.2. The number of ether oxygens (including phenoxy) is 1. The van der Waals surface area contributed by atoms with Crippen LogP contribution in [0.25, 0.3) is 22.3 Å². The summed E-state index contributed by atoms with van der Waals surface area (Å²) >= 11 is 5.93. The number of rotatable bonds is 5. The number of halogens is 1. The zero-order chi connectivity index (χ0) is 17.1. The number of fused-ring (bicyclic) bond motifs is 1. The lowest BCUT2D eigenvalue weighted by Gasteiger charge is -2.11. The van der Waals surface area contributed by atoms with Crippen molar-refractivity contribution in [2.24, 2.45) is 0 Å². The van der Waals surface area contributed by atoms with Crippen molar-refractivity contribution in [3.05, 3.63) is 63.8 Å². The molecule has 0 amide bonds. The van der Waals surface area contributed by atoms with E-state index in [1.165, 1.54) is 6.07 Å². The van der Waals surface area contributed by atoms with E-state index in [1.807, 2.05) is 38.4 Å².